The van der Waals surface area contributed by atoms with Crippen LogP contribution in [0.3, 0.4) is 0 Å². The minimum atomic E-state index is -4.96. The molecule has 0 aliphatic heterocycles. The highest BCUT2D eigenvalue weighted by Gasteiger charge is 2.30. The molecule has 6 atom stereocenters. The number of ether oxygens (including phenoxy) is 4. The van der Waals surface area contributed by atoms with Gasteiger partial charge in [0.05, 0.1) is 26.4 Å². The van der Waals surface area contributed by atoms with Crippen LogP contribution in [0.5, 0.6) is 0 Å². The predicted octanol–water partition coefficient (Wildman–Crippen LogP) is 25.1. The first-order chi connectivity index (χ1) is 49.4. The zero-order valence-electron chi connectivity index (χ0n) is 66.9. The van der Waals surface area contributed by atoms with E-state index >= 15 is 0 Å². The number of aliphatic hydroxyl groups is 1. The zero-order chi connectivity index (χ0) is 74.9. The molecule has 0 bridgehead atoms. The van der Waals surface area contributed by atoms with Crippen LogP contribution < -0.4 is 0 Å². The number of hydrogen-bond acceptors (Lipinski definition) is 15. The number of aliphatic hydroxyl groups excluding tert-OH is 1. The van der Waals surface area contributed by atoms with Gasteiger partial charge < -0.3 is 33.8 Å². The third kappa shape index (κ3) is 74.9. The molecule has 19 heteroatoms. The number of phosphoric acid groups is 2. The zero-order valence-corrected chi connectivity index (χ0v) is 68.7. The number of carbonyl (C=O) groups excluding carboxylic acids is 4. The van der Waals surface area contributed by atoms with Crippen molar-refractivity contribution in [3.8, 4) is 0 Å². The van der Waals surface area contributed by atoms with Gasteiger partial charge in [-0.3, -0.25) is 37.3 Å². The second kappa shape index (κ2) is 74.5. The van der Waals surface area contributed by atoms with E-state index in [0.717, 1.165) is 102 Å². The predicted molar refractivity (Wildman–Crippen MR) is 418 cm³/mol. The van der Waals surface area contributed by atoms with Crippen molar-refractivity contribution in [1.29, 1.82) is 0 Å². The Labute approximate surface area is 626 Å². The van der Waals surface area contributed by atoms with Crippen LogP contribution in [-0.4, -0.2) is 96.7 Å². The molecule has 0 radical (unpaired) electrons. The molecule has 17 nitrogen and oxygen atoms in total. The van der Waals surface area contributed by atoms with E-state index in [4.69, 9.17) is 37.0 Å². The highest BCUT2D eigenvalue weighted by Crippen LogP contribution is 2.45. The van der Waals surface area contributed by atoms with Crippen molar-refractivity contribution in [2.24, 2.45) is 11.8 Å². The van der Waals surface area contributed by atoms with Gasteiger partial charge in [-0.2, -0.15) is 0 Å². The molecule has 0 aromatic carbocycles. The molecule has 0 saturated carbocycles. The van der Waals surface area contributed by atoms with E-state index in [9.17, 15) is 43.2 Å². The first kappa shape index (κ1) is 100. The Morgan fingerprint density at radius 1 is 0.284 bits per heavy atom. The number of unbranched alkanes of at least 4 members (excludes halogenated alkanes) is 51. The number of esters is 4. The van der Waals surface area contributed by atoms with Gasteiger partial charge >= 0.3 is 39.5 Å². The second-order valence-electron chi connectivity index (χ2n) is 30.6. The third-order valence-corrected chi connectivity index (χ3v) is 21.7. The highest BCUT2D eigenvalue weighted by molar-refractivity contribution is 7.47. The van der Waals surface area contributed by atoms with Crippen molar-refractivity contribution >= 4 is 39.5 Å². The maximum atomic E-state index is 13.1. The molecule has 0 aromatic heterocycles. The third-order valence-electron chi connectivity index (χ3n) is 19.8. The van der Waals surface area contributed by atoms with Crippen LogP contribution in [0.4, 0.5) is 0 Å². The van der Waals surface area contributed by atoms with Gasteiger partial charge in [-0.05, 0) is 37.5 Å². The number of rotatable bonds is 82. The lowest BCUT2D eigenvalue weighted by Gasteiger charge is -2.21. The maximum Gasteiger partial charge on any atom is 0.472 e. The minimum absolute atomic E-state index is 0.107. The molecule has 606 valence electrons. The first-order valence-corrected chi connectivity index (χ1v) is 46.0. The normalized spacial score (nSPS) is 14.1. The lowest BCUT2D eigenvalue weighted by atomic mass is 9.99. The molecular weight excluding hydrogens is 1330 g/mol. The molecule has 0 fully saturated rings. The Hall–Kier alpha value is -1.94. The molecule has 0 heterocycles. The summed E-state index contributed by atoms with van der Waals surface area (Å²) >= 11 is 0. The van der Waals surface area contributed by atoms with E-state index in [1.807, 2.05) is 0 Å². The molecule has 3 N–H and O–H groups in total. The van der Waals surface area contributed by atoms with E-state index in [-0.39, 0.29) is 25.7 Å². The van der Waals surface area contributed by atoms with E-state index in [2.05, 4.69) is 41.5 Å². The Bertz CT molecular complexity index is 1960. The summed E-state index contributed by atoms with van der Waals surface area (Å²) in [6, 6.07) is 0. The Balaban J connectivity index is 5.25. The summed E-state index contributed by atoms with van der Waals surface area (Å²) in [6.45, 7) is 9.70. The van der Waals surface area contributed by atoms with Crippen molar-refractivity contribution in [3.63, 3.8) is 0 Å². The Morgan fingerprint density at radius 3 is 0.745 bits per heavy atom. The lowest BCUT2D eigenvalue weighted by Crippen LogP contribution is -2.30. The van der Waals surface area contributed by atoms with E-state index in [1.54, 1.807) is 0 Å². The van der Waals surface area contributed by atoms with Crippen molar-refractivity contribution in [3.05, 3.63) is 0 Å². The number of hydrogen-bond donors (Lipinski definition) is 3. The van der Waals surface area contributed by atoms with Crippen LogP contribution >= 0.6 is 15.6 Å². The molecule has 0 spiro atoms. The summed E-state index contributed by atoms with van der Waals surface area (Å²) in [7, 11) is -9.92. The van der Waals surface area contributed by atoms with Gasteiger partial charge in [-0.25, -0.2) is 9.13 Å². The molecule has 0 aliphatic rings. The maximum absolute atomic E-state index is 13.1. The van der Waals surface area contributed by atoms with Gasteiger partial charge in [0.15, 0.2) is 12.2 Å². The van der Waals surface area contributed by atoms with Gasteiger partial charge in [0.1, 0.15) is 19.3 Å². The van der Waals surface area contributed by atoms with Crippen molar-refractivity contribution in [2.45, 2.75) is 458 Å². The Kier molecular flexibility index (Phi) is 73.1. The van der Waals surface area contributed by atoms with Crippen molar-refractivity contribution in [1.82, 2.24) is 0 Å². The van der Waals surface area contributed by atoms with Crippen LogP contribution in [-0.2, 0) is 65.4 Å². The summed E-state index contributed by atoms with van der Waals surface area (Å²) in [6.07, 6.45) is 65.1. The Morgan fingerprint density at radius 2 is 0.500 bits per heavy atom. The molecule has 102 heavy (non-hydrogen) atoms. The monoisotopic (exact) mass is 1490 g/mol. The van der Waals surface area contributed by atoms with Gasteiger partial charge in [-0.15, -0.1) is 0 Å². The van der Waals surface area contributed by atoms with Gasteiger partial charge in [0.25, 0.3) is 0 Å². The summed E-state index contributed by atoms with van der Waals surface area (Å²) in [4.78, 5) is 73.1. The van der Waals surface area contributed by atoms with Gasteiger partial charge in [0, 0.05) is 25.7 Å². The quantitative estimate of drug-likeness (QED) is 0.0222. The molecule has 3 unspecified atom stereocenters. The molecule has 0 amide bonds. The van der Waals surface area contributed by atoms with E-state index in [1.165, 1.54) is 257 Å². The fourth-order valence-corrected chi connectivity index (χ4v) is 14.4. The van der Waals surface area contributed by atoms with Crippen LogP contribution in [0.1, 0.15) is 440 Å². The highest BCUT2D eigenvalue weighted by atomic mass is 31.2. The van der Waals surface area contributed by atoms with Crippen LogP contribution in [0, 0.1) is 11.8 Å². The molecule has 0 aromatic rings. The summed E-state index contributed by atoms with van der Waals surface area (Å²) < 4.78 is 68.8. The average Bonchev–Trinajstić information content (AvgIpc) is 0.923. The van der Waals surface area contributed by atoms with E-state index in [0.29, 0.717) is 25.7 Å². The largest absolute Gasteiger partial charge is 0.472 e. The standard InChI is InChI=1S/C83H162O17P2/c1-7-10-12-14-16-18-20-21-22-23-24-25-28-32-36-43-49-55-61-67-82(87)99-78(72-94-81(86)66-60-54-48-42-35-31-29-26-27-30-34-39-45-51-57-63-75(4)5)73-97-101(89,90)95-69-77(84)70-96-102(91,92)98-74-79(71-93-80(85)65-59-53-47-41-33-19-17-15-13-11-8-2)100-83(88)68-62-56-50-44-38-37-40-46-52-58-64-76(6)9-3/h75-79,84H,7-74H2,1-6H3,(H,89,90)(H,91,92)/t76?,77-,78-,79-/m1/s1. The lowest BCUT2D eigenvalue weighted by molar-refractivity contribution is -0.161. The first-order valence-electron chi connectivity index (χ1n) is 43.0. The fourth-order valence-electron chi connectivity index (χ4n) is 12.9. The molecule has 0 rings (SSSR count). The van der Waals surface area contributed by atoms with Crippen LogP contribution in [0.2, 0.25) is 0 Å². The van der Waals surface area contributed by atoms with Gasteiger partial charge in [-0.1, -0.05) is 388 Å². The van der Waals surface area contributed by atoms with Crippen LogP contribution in [0.15, 0.2) is 0 Å². The van der Waals surface area contributed by atoms with Crippen molar-refractivity contribution in [2.75, 3.05) is 39.6 Å². The van der Waals surface area contributed by atoms with E-state index < -0.39 is 97.5 Å². The SMILES string of the molecule is CCCCCCCCCCCCCCCCCCCCCC(=O)O[C@H](COC(=O)CCCCCCCCCCCCCCCCCC(C)C)COP(=O)(O)OC[C@@H](O)COP(=O)(O)OC[C@@H](COC(=O)CCCCCCCCCCCCC)OC(=O)CCCCCCCCCCCCC(C)CC. The average molecular weight is 1490 g/mol. The summed E-state index contributed by atoms with van der Waals surface area (Å²) in [5.74, 6) is -0.495. The summed E-state index contributed by atoms with van der Waals surface area (Å²) in [5.41, 5.74) is 0. The molecular formula is C83H162O17P2. The second-order valence-corrected chi connectivity index (χ2v) is 33.5. The van der Waals surface area contributed by atoms with Crippen LogP contribution in [0.25, 0.3) is 0 Å². The molecule has 0 saturated heterocycles. The van der Waals surface area contributed by atoms with Crippen molar-refractivity contribution < 1.29 is 80.2 Å². The number of phosphoric ester groups is 2. The smallest absolute Gasteiger partial charge is 0.462 e. The number of carbonyl (C=O) groups is 4. The summed E-state index contributed by atoms with van der Waals surface area (Å²) in [5, 5.41) is 10.7. The molecule has 0 aliphatic carbocycles. The fraction of sp³-hybridized carbons (Fsp3) is 0.952. The van der Waals surface area contributed by atoms with Gasteiger partial charge in [0.2, 0.25) is 0 Å². The topological polar surface area (TPSA) is 237 Å². The minimum Gasteiger partial charge on any atom is -0.462 e.